The molecule has 0 saturated carbocycles. The summed E-state index contributed by atoms with van der Waals surface area (Å²) >= 11 is 12.3. The molecule has 0 radical (unpaired) electrons. The lowest BCUT2D eigenvalue weighted by molar-refractivity contribution is -0.944. The molecule has 2 heterocycles. The summed E-state index contributed by atoms with van der Waals surface area (Å²) in [7, 11) is 0. The average molecular weight is 433 g/mol. The molecule has 29 heavy (non-hydrogen) atoms. The summed E-state index contributed by atoms with van der Waals surface area (Å²) in [5.41, 5.74) is 1.94. The van der Waals surface area contributed by atoms with E-state index in [0.29, 0.717) is 50.3 Å². The van der Waals surface area contributed by atoms with E-state index in [2.05, 4.69) is 6.92 Å². The molecule has 1 aromatic heterocycles. The van der Waals surface area contributed by atoms with Crippen molar-refractivity contribution in [3.8, 4) is 16.9 Å². The Balaban J connectivity index is 1.80. The molecular weight excluding hydrogens is 409 g/mol. The highest BCUT2D eigenvalue weighted by atomic mass is 35.5. The van der Waals surface area contributed by atoms with Gasteiger partial charge in [0.1, 0.15) is 24.1 Å². The third-order valence-electron chi connectivity index (χ3n) is 6.02. The van der Waals surface area contributed by atoms with Gasteiger partial charge in [-0.2, -0.15) is 0 Å². The van der Waals surface area contributed by atoms with E-state index in [1.165, 1.54) is 30.4 Å². The molecule has 4 rings (SSSR count). The first-order chi connectivity index (χ1) is 14.0. The third kappa shape index (κ3) is 3.89. The molecule has 0 bridgehead atoms. The number of phenolic OH excluding ortho intramolecular Hbond substituents is 1. The topological polar surface area (TPSA) is 54.9 Å². The molecular formula is C23H24Cl2NO3+. The van der Waals surface area contributed by atoms with Gasteiger partial charge in [0, 0.05) is 10.6 Å². The highest BCUT2D eigenvalue weighted by Gasteiger charge is 2.27. The van der Waals surface area contributed by atoms with Crippen molar-refractivity contribution in [3.63, 3.8) is 0 Å². The quantitative estimate of drug-likeness (QED) is 0.621. The average Bonchev–Trinajstić information content (AvgIpc) is 2.71. The summed E-state index contributed by atoms with van der Waals surface area (Å²) in [6, 6.07) is 8.79. The second-order valence-electron chi connectivity index (χ2n) is 7.73. The number of fused-ring (bicyclic) bond motifs is 1. The fourth-order valence-electron chi connectivity index (χ4n) is 4.42. The molecule has 2 aromatic carbocycles. The van der Waals surface area contributed by atoms with Gasteiger partial charge in [-0.1, -0.05) is 36.2 Å². The van der Waals surface area contributed by atoms with E-state index < -0.39 is 0 Å². The van der Waals surface area contributed by atoms with E-state index in [9.17, 15) is 9.90 Å². The van der Waals surface area contributed by atoms with E-state index in [-0.39, 0.29) is 11.2 Å². The third-order valence-corrected chi connectivity index (χ3v) is 6.56. The fourth-order valence-corrected chi connectivity index (χ4v) is 4.93. The van der Waals surface area contributed by atoms with Crippen molar-refractivity contribution in [2.24, 2.45) is 0 Å². The molecule has 1 saturated heterocycles. The highest BCUT2D eigenvalue weighted by Crippen LogP contribution is 2.31. The molecule has 6 heteroatoms. The van der Waals surface area contributed by atoms with E-state index in [4.69, 9.17) is 27.6 Å². The Kier molecular flexibility index (Phi) is 5.86. The number of benzene rings is 2. The van der Waals surface area contributed by atoms with E-state index >= 15 is 0 Å². The lowest BCUT2D eigenvalue weighted by atomic mass is 9.98. The molecule has 152 valence electrons. The monoisotopic (exact) mass is 432 g/mol. The number of phenols is 1. The van der Waals surface area contributed by atoms with Crippen LogP contribution in [-0.2, 0) is 6.54 Å². The van der Waals surface area contributed by atoms with E-state index in [1.54, 1.807) is 30.3 Å². The van der Waals surface area contributed by atoms with Crippen molar-refractivity contribution in [2.45, 2.75) is 45.2 Å². The van der Waals surface area contributed by atoms with Gasteiger partial charge in [0.2, 0.25) is 5.43 Å². The van der Waals surface area contributed by atoms with Crippen LogP contribution in [0.2, 0.25) is 10.0 Å². The van der Waals surface area contributed by atoms with Crippen molar-refractivity contribution in [3.05, 3.63) is 62.4 Å². The Morgan fingerprint density at radius 1 is 1.17 bits per heavy atom. The predicted molar refractivity (Wildman–Crippen MR) is 117 cm³/mol. The highest BCUT2D eigenvalue weighted by molar-refractivity contribution is 6.36. The molecule has 1 aliphatic rings. The zero-order chi connectivity index (χ0) is 20.5. The Labute approximate surface area is 179 Å². The summed E-state index contributed by atoms with van der Waals surface area (Å²) in [5.74, 6) is 0.172. The summed E-state index contributed by atoms with van der Waals surface area (Å²) in [6.07, 6.45) is 6.17. The summed E-state index contributed by atoms with van der Waals surface area (Å²) in [5, 5.41) is 11.9. The van der Waals surface area contributed by atoms with Gasteiger partial charge >= 0.3 is 0 Å². The standard InChI is InChI=1S/C23H23Cl2NO3/c1-2-15-5-3-4-10-26(15)12-18-21(27)9-8-17-22(28)19(13-29-23(17)18)16-7-6-14(24)11-20(16)25/h6-9,11,13,15,27H,2-5,10,12H2,1H3/p+1. The van der Waals surface area contributed by atoms with Gasteiger partial charge in [0.15, 0.2) is 0 Å². The van der Waals surface area contributed by atoms with Crippen molar-refractivity contribution in [1.82, 2.24) is 0 Å². The van der Waals surface area contributed by atoms with Gasteiger partial charge in [-0.05, 0) is 49.9 Å². The fraction of sp³-hybridized carbons (Fsp3) is 0.348. The molecule has 0 amide bonds. The van der Waals surface area contributed by atoms with Crippen LogP contribution in [0.1, 0.15) is 38.2 Å². The van der Waals surface area contributed by atoms with Gasteiger partial charge < -0.3 is 14.4 Å². The van der Waals surface area contributed by atoms with Crippen LogP contribution in [0, 0.1) is 0 Å². The van der Waals surface area contributed by atoms with Crippen LogP contribution < -0.4 is 10.3 Å². The van der Waals surface area contributed by atoms with Crippen LogP contribution in [0.25, 0.3) is 22.1 Å². The second-order valence-corrected chi connectivity index (χ2v) is 8.57. The van der Waals surface area contributed by atoms with Crippen LogP contribution >= 0.6 is 23.2 Å². The zero-order valence-corrected chi connectivity index (χ0v) is 17.8. The minimum absolute atomic E-state index is 0.169. The number of halogens is 2. The predicted octanol–water partition coefficient (Wildman–Crippen LogP) is 4.82. The van der Waals surface area contributed by atoms with Gasteiger partial charge in [0.05, 0.1) is 34.1 Å². The summed E-state index contributed by atoms with van der Waals surface area (Å²) < 4.78 is 5.92. The van der Waals surface area contributed by atoms with Gasteiger partial charge in [-0.3, -0.25) is 4.79 Å². The number of aromatic hydroxyl groups is 1. The first-order valence-electron chi connectivity index (χ1n) is 10.1. The molecule has 2 unspecified atom stereocenters. The maximum absolute atomic E-state index is 13.2. The van der Waals surface area contributed by atoms with Crippen LogP contribution in [0.15, 0.2) is 45.8 Å². The van der Waals surface area contributed by atoms with Crippen LogP contribution in [0.4, 0.5) is 0 Å². The molecule has 3 aromatic rings. The number of hydrogen-bond acceptors (Lipinski definition) is 3. The van der Waals surface area contributed by atoms with Crippen LogP contribution in [0.3, 0.4) is 0 Å². The van der Waals surface area contributed by atoms with Crippen molar-refractivity contribution in [2.75, 3.05) is 6.54 Å². The Morgan fingerprint density at radius 2 is 2.00 bits per heavy atom. The number of likely N-dealkylation sites (tertiary alicyclic amines) is 1. The molecule has 0 spiro atoms. The largest absolute Gasteiger partial charge is 0.507 e. The van der Waals surface area contributed by atoms with Crippen LogP contribution in [0.5, 0.6) is 5.75 Å². The summed E-state index contributed by atoms with van der Waals surface area (Å²) in [6.45, 7) is 3.92. The molecule has 2 N–H and O–H groups in total. The maximum atomic E-state index is 13.2. The lowest BCUT2D eigenvalue weighted by Crippen LogP contribution is -3.15. The number of hydrogen-bond donors (Lipinski definition) is 2. The smallest absolute Gasteiger partial charge is 0.200 e. The first-order valence-corrected chi connectivity index (χ1v) is 10.8. The normalized spacial score (nSPS) is 19.6. The van der Waals surface area contributed by atoms with E-state index in [1.807, 2.05) is 0 Å². The van der Waals surface area contributed by atoms with Crippen molar-refractivity contribution >= 4 is 34.2 Å². The number of nitrogens with one attached hydrogen (secondary N) is 1. The molecule has 1 fully saturated rings. The lowest BCUT2D eigenvalue weighted by Gasteiger charge is -2.32. The molecule has 2 atom stereocenters. The van der Waals surface area contributed by atoms with E-state index in [0.717, 1.165) is 13.0 Å². The molecule has 4 nitrogen and oxygen atoms in total. The Morgan fingerprint density at radius 3 is 2.76 bits per heavy atom. The van der Waals surface area contributed by atoms with Gasteiger partial charge in [0.25, 0.3) is 0 Å². The van der Waals surface area contributed by atoms with Gasteiger partial charge in [-0.25, -0.2) is 0 Å². The Bertz CT molecular complexity index is 1110. The minimum Gasteiger partial charge on any atom is -0.507 e. The SMILES string of the molecule is CCC1CCCC[NH+]1Cc1c(O)ccc2c(=O)c(-c3ccc(Cl)cc3Cl)coc12. The van der Waals surface area contributed by atoms with Gasteiger partial charge in [-0.15, -0.1) is 0 Å². The Hall–Kier alpha value is -2.01. The van der Waals surface area contributed by atoms with Crippen LogP contribution in [-0.4, -0.2) is 17.7 Å². The molecule has 1 aliphatic heterocycles. The molecule has 0 aliphatic carbocycles. The van der Waals surface area contributed by atoms with Crippen molar-refractivity contribution in [1.29, 1.82) is 0 Å². The summed E-state index contributed by atoms with van der Waals surface area (Å²) in [4.78, 5) is 14.6. The second kappa shape index (κ2) is 8.39. The number of quaternary nitrogens is 1. The maximum Gasteiger partial charge on any atom is 0.200 e. The first kappa shape index (κ1) is 20.3. The number of piperidine rings is 1. The zero-order valence-electron chi connectivity index (χ0n) is 16.3. The number of rotatable bonds is 4. The minimum atomic E-state index is -0.169. The van der Waals surface area contributed by atoms with Crippen molar-refractivity contribution < 1.29 is 14.4 Å².